The van der Waals surface area contributed by atoms with E-state index in [1.54, 1.807) is 0 Å². The Hall–Kier alpha value is -0.630. The van der Waals surface area contributed by atoms with E-state index in [2.05, 4.69) is 10.5 Å². The van der Waals surface area contributed by atoms with Crippen molar-refractivity contribution < 1.29 is 53.8 Å². The molecule has 0 aromatic carbocycles. The number of ether oxygens (including phenoxy) is 1. The Bertz CT molecular complexity index is 232. The SMILES string of the molecule is NC(=O)OC(=O)[C@@H](N)CCC(=O)[O-].[Na+]. The molecule has 1 amide bonds. The van der Waals surface area contributed by atoms with E-state index in [9.17, 15) is 19.5 Å². The topological polar surface area (TPSA) is 136 Å². The minimum Gasteiger partial charge on any atom is -0.550 e. The first-order valence-electron chi connectivity index (χ1n) is 3.40. The zero-order chi connectivity index (χ0) is 10.4. The van der Waals surface area contributed by atoms with Crippen LogP contribution in [0.3, 0.4) is 0 Å². The second-order valence-electron chi connectivity index (χ2n) is 2.26. The summed E-state index contributed by atoms with van der Waals surface area (Å²) in [5.41, 5.74) is 9.66. The molecule has 0 radical (unpaired) electrons. The Morgan fingerprint density at radius 1 is 1.36 bits per heavy atom. The molecule has 14 heavy (non-hydrogen) atoms. The van der Waals surface area contributed by atoms with Crippen molar-refractivity contribution in [3.63, 3.8) is 0 Å². The van der Waals surface area contributed by atoms with Crippen molar-refractivity contribution in [1.29, 1.82) is 0 Å². The van der Waals surface area contributed by atoms with Crippen molar-refractivity contribution in [3.8, 4) is 0 Å². The van der Waals surface area contributed by atoms with Crippen molar-refractivity contribution in [1.82, 2.24) is 0 Å². The standard InChI is InChI=1S/C6H10N2O5.Na/c7-3(1-2-4(9)10)5(11)13-6(8)12;/h3H,1-2,7H2,(H2,8,12)(H,9,10);/q;+1/p-1/t3-;/m0./s1. The number of rotatable bonds is 4. The number of hydrogen-bond acceptors (Lipinski definition) is 6. The fraction of sp³-hybridized carbons (Fsp3) is 0.500. The maximum Gasteiger partial charge on any atom is 1.00 e. The number of amides is 1. The van der Waals surface area contributed by atoms with Gasteiger partial charge in [0.1, 0.15) is 6.04 Å². The van der Waals surface area contributed by atoms with Crippen molar-refractivity contribution in [3.05, 3.63) is 0 Å². The van der Waals surface area contributed by atoms with Crippen LogP contribution in [0.1, 0.15) is 12.8 Å². The number of hydrogen-bond donors (Lipinski definition) is 2. The van der Waals surface area contributed by atoms with Gasteiger partial charge in [0, 0.05) is 5.97 Å². The van der Waals surface area contributed by atoms with Gasteiger partial charge in [0.2, 0.25) is 0 Å². The normalized spacial score (nSPS) is 10.9. The second kappa shape index (κ2) is 7.74. The number of aliphatic carboxylic acids is 1. The fourth-order valence-electron chi connectivity index (χ4n) is 0.566. The summed E-state index contributed by atoms with van der Waals surface area (Å²) in [5, 5.41) is 9.94. The third-order valence-corrected chi connectivity index (χ3v) is 1.16. The fourth-order valence-corrected chi connectivity index (χ4v) is 0.566. The Balaban J connectivity index is 0. The molecule has 0 aliphatic rings. The third-order valence-electron chi connectivity index (χ3n) is 1.16. The van der Waals surface area contributed by atoms with Gasteiger partial charge in [-0.05, 0) is 12.8 Å². The average Bonchev–Trinajstić information content (AvgIpc) is 1.98. The van der Waals surface area contributed by atoms with Crippen LogP contribution in [-0.2, 0) is 14.3 Å². The predicted molar refractivity (Wildman–Crippen MR) is 37.9 cm³/mol. The van der Waals surface area contributed by atoms with Crippen LogP contribution < -0.4 is 46.1 Å². The molecule has 0 spiro atoms. The van der Waals surface area contributed by atoms with Crippen LogP contribution in [-0.4, -0.2) is 24.1 Å². The molecule has 0 aliphatic carbocycles. The Morgan fingerprint density at radius 2 is 1.86 bits per heavy atom. The molecule has 0 saturated carbocycles. The number of carbonyl (C=O) groups excluding carboxylic acids is 3. The van der Waals surface area contributed by atoms with Gasteiger partial charge in [-0.25, -0.2) is 9.59 Å². The minimum absolute atomic E-state index is 0. The van der Waals surface area contributed by atoms with Gasteiger partial charge in [0.25, 0.3) is 0 Å². The predicted octanol–water partition coefficient (Wildman–Crippen LogP) is -5.53. The molecule has 0 aliphatic heterocycles. The Kier molecular flexibility index (Phi) is 8.75. The van der Waals surface area contributed by atoms with E-state index < -0.39 is 24.1 Å². The Morgan fingerprint density at radius 3 is 2.21 bits per heavy atom. The maximum absolute atomic E-state index is 10.7. The molecule has 0 bridgehead atoms. The largest absolute Gasteiger partial charge is 1.00 e. The first-order chi connectivity index (χ1) is 5.93. The minimum atomic E-state index is -1.33. The van der Waals surface area contributed by atoms with E-state index >= 15 is 0 Å². The number of primary amides is 1. The van der Waals surface area contributed by atoms with Crippen LogP contribution in [0.25, 0.3) is 0 Å². The summed E-state index contributed by atoms with van der Waals surface area (Å²) in [7, 11) is 0. The monoisotopic (exact) mass is 212 g/mol. The summed E-state index contributed by atoms with van der Waals surface area (Å²) in [4.78, 5) is 30.7. The van der Waals surface area contributed by atoms with Gasteiger partial charge in [-0.15, -0.1) is 0 Å². The van der Waals surface area contributed by atoms with E-state index in [1.165, 1.54) is 0 Å². The quantitative estimate of drug-likeness (QED) is 0.271. The van der Waals surface area contributed by atoms with E-state index in [0.717, 1.165) is 0 Å². The number of esters is 1. The van der Waals surface area contributed by atoms with Crippen LogP contribution in [0, 0.1) is 0 Å². The van der Waals surface area contributed by atoms with Gasteiger partial charge < -0.3 is 26.1 Å². The van der Waals surface area contributed by atoms with Gasteiger partial charge >= 0.3 is 41.6 Å². The molecular formula is C6H9N2NaO5. The molecule has 0 unspecified atom stereocenters. The van der Waals surface area contributed by atoms with E-state index in [-0.39, 0.29) is 42.4 Å². The molecule has 0 aromatic rings. The molecule has 8 heteroatoms. The summed E-state index contributed by atoms with van der Waals surface area (Å²) in [6.45, 7) is 0. The van der Waals surface area contributed by atoms with Gasteiger partial charge in [-0.3, -0.25) is 0 Å². The van der Waals surface area contributed by atoms with Crippen LogP contribution in [0.4, 0.5) is 4.79 Å². The Labute approximate surface area is 102 Å². The molecule has 0 aromatic heterocycles. The van der Waals surface area contributed by atoms with Crippen molar-refractivity contribution >= 4 is 18.0 Å². The number of carboxylic acids is 1. The average molecular weight is 212 g/mol. The van der Waals surface area contributed by atoms with Crippen LogP contribution in [0.15, 0.2) is 0 Å². The van der Waals surface area contributed by atoms with Gasteiger partial charge in [0.05, 0.1) is 0 Å². The van der Waals surface area contributed by atoms with Gasteiger partial charge in [-0.1, -0.05) is 0 Å². The third kappa shape index (κ3) is 7.99. The molecule has 0 saturated heterocycles. The molecule has 0 rings (SSSR count). The van der Waals surface area contributed by atoms with E-state index in [4.69, 9.17) is 5.73 Å². The zero-order valence-electron chi connectivity index (χ0n) is 7.69. The van der Waals surface area contributed by atoms with Crippen molar-refractivity contribution in [2.75, 3.05) is 0 Å². The second-order valence-corrected chi connectivity index (χ2v) is 2.26. The molecular weight excluding hydrogens is 203 g/mol. The summed E-state index contributed by atoms with van der Waals surface area (Å²) in [6.07, 6.45) is -1.81. The van der Waals surface area contributed by atoms with E-state index in [0.29, 0.717) is 0 Å². The molecule has 4 N–H and O–H groups in total. The van der Waals surface area contributed by atoms with Gasteiger partial charge in [-0.2, -0.15) is 0 Å². The number of nitrogens with two attached hydrogens (primary N) is 2. The number of carboxylic acid groups (broad SMARTS) is 1. The zero-order valence-corrected chi connectivity index (χ0v) is 9.69. The maximum atomic E-state index is 10.7. The van der Waals surface area contributed by atoms with Crippen LogP contribution in [0.5, 0.6) is 0 Å². The molecule has 74 valence electrons. The summed E-state index contributed by atoms with van der Waals surface area (Å²) < 4.78 is 3.91. The van der Waals surface area contributed by atoms with Crippen molar-refractivity contribution in [2.45, 2.75) is 18.9 Å². The smallest absolute Gasteiger partial charge is 0.550 e. The van der Waals surface area contributed by atoms with Gasteiger partial charge in [0.15, 0.2) is 0 Å². The van der Waals surface area contributed by atoms with Crippen LogP contribution >= 0.6 is 0 Å². The molecule has 0 fully saturated rings. The summed E-state index contributed by atoms with van der Waals surface area (Å²) >= 11 is 0. The molecule has 1 atom stereocenters. The first-order valence-corrected chi connectivity index (χ1v) is 3.40. The van der Waals surface area contributed by atoms with Crippen molar-refractivity contribution in [2.24, 2.45) is 11.5 Å². The summed E-state index contributed by atoms with van der Waals surface area (Å²) in [6, 6.07) is -1.18. The molecule has 7 nitrogen and oxygen atoms in total. The molecule has 0 heterocycles. The van der Waals surface area contributed by atoms with E-state index in [1.807, 2.05) is 0 Å². The summed E-state index contributed by atoms with van der Waals surface area (Å²) in [5.74, 6) is -2.38. The number of carbonyl (C=O) groups is 3. The first kappa shape index (κ1) is 15.8. The van der Waals surface area contributed by atoms with Crippen LogP contribution in [0.2, 0.25) is 0 Å².